The Balaban J connectivity index is 3.82. The molecule has 3 N–H and O–H groups in total. The summed E-state index contributed by atoms with van der Waals surface area (Å²) in [5.74, 6) is 0. The van der Waals surface area contributed by atoms with E-state index in [1.54, 1.807) is 6.92 Å². The van der Waals surface area contributed by atoms with Gasteiger partial charge in [0.05, 0.1) is 6.10 Å². The zero-order valence-corrected chi connectivity index (χ0v) is 7.96. The van der Waals surface area contributed by atoms with Crippen molar-refractivity contribution in [2.75, 3.05) is 6.54 Å². The molecular weight excluding hydrogens is 150 g/mol. The Kier molecular flexibility index (Phi) is 6.72. The molecule has 0 aliphatic heterocycles. The smallest absolute Gasteiger partial charge is 0.0515 e. The molecule has 0 bridgehead atoms. The van der Waals surface area contributed by atoms with E-state index in [1.807, 2.05) is 25.2 Å². The molecule has 0 radical (unpaired) electrons. The second-order valence-electron chi connectivity index (χ2n) is 2.94. The van der Waals surface area contributed by atoms with Crippen LogP contribution in [0.15, 0.2) is 23.8 Å². The number of nitrogens with two attached hydrogens (primary N) is 1. The third-order valence-electron chi connectivity index (χ3n) is 1.67. The summed E-state index contributed by atoms with van der Waals surface area (Å²) in [6, 6.07) is 0. The summed E-state index contributed by atoms with van der Waals surface area (Å²) in [5.41, 5.74) is 6.70. The van der Waals surface area contributed by atoms with Gasteiger partial charge in [-0.15, -0.1) is 0 Å². The molecule has 0 saturated heterocycles. The van der Waals surface area contributed by atoms with Crippen molar-refractivity contribution in [2.24, 2.45) is 5.73 Å². The summed E-state index contributed by atoms with van der Waals surface area (Å²) in [4.78, 5) is 0. The van der Waals surface area contributed by atoms with E-state index in [4.69, 9.17) is 10.8 Å². The summed E-state index contributed by atoms with van der Waals surface area (Å²) in [6.45, 7) is 4.35. The van der Waals surface area contributed by atoms with Crippen molar-refractivity contribution in [3.8, 4) is 0 Å². The average molecular weight is 169 g/mol. The zero-order valence-electron chi connectivity index (χ0n) is 7.96. The highest BCUT2D eigenvalue weighted by Gasteiger charge is 1.97. The second-order valence-corrected chi connectivity index (χ2v) is 2.94. The van der Waals surface area contributed by atoms with E-state index in [0.717, 1.165) is 12.8 Å². The summed E-state index contributed by atoms with van der Waals surface area (Å²) in [6.07, 6.45) is 7.41. The molecule has 0 rings (SSSR count). The number of aliphatic hydroxyl groups is 1. The lowest BCUT2D eigenvalue weighted by atomic mass is 10.1. The summed E-state index contributed by atoms with van der Waals surface area (Å²) in [5, 5.41) is 9.04. The normalized spacial score (nSPS) is 15.5. The first kappa shape index (κ1) is 11.4. The Labute approximate surface area is 74.8 Å². The van der Waals surface area contributed by atoms with Crippen LogP contribution in [0.5, 0.6) is 0 Å². The molecule has 70 valence electrons. The fraction of sp³-hybridized carbons (Fsp3) is 0.600. The van der Waals surface area contributed by atoms with Crippen molar-refractivity contribution in [2.45, 2.75) is 32.8 Å². The molecule has 12 heavy (non-hydrogen) atoms. The number of rotatable bonds is 5. The van der Waals surface area contributed by atoms with E-state index in [1.165, 1.54) is 5.57 Å². The maximum atomic E-state index is 9.04. The van der Waals surface area contributed by atoms with E-state index in [2.05, 4.69) is 0 Å². The molecule has 0 amide bonds. The third kappa shape index (κ3) is 6.13. The lowest BCUT2D eigenvalue weighted by molar-refractivity contribution is 0.185. The first-order valence-corrected chi connectivity index (χ1v) is 4.39. The molecule has 0 aliphatic rings. The van der Waals surface area contributed by atoms with Crippen LogP contribution in [-0.2, 0) is 0 Å². The van der Waals surface area contributed by atoms with Gasteiger partial charge in [-0.25, -0.2) is 0 Å². The van der Waals surface area contributed by atoms with Crippen molar-refractivity contribution < 1.29 is 5.11 Å². The number of hydrogen-bond donors (Lipinski definition) is 2. The quantitative estimate of drug-likeness (QED) is 0.614. The minimum atomic E-state index is -0.231. The lowest BCUT2D eigenvalue weighted by Crippen LogP contribution is -2.06. The largest absolute Gasteiger partial charge is 0.393 e. The van der Waals surface area contributed by atoms with Gasteiger partial charge in [0.2, 0.25) is 0 Å². The summed E-state index contributed by atoms with van der Waals surface area (Å²) < 4.78 is 0. The molecule has 0 spiro atoms. The lowest BCUT2D eigenvalue weighted by Gasteiger charge is -2.05. The van der Waals surface area contributed by atoms with E-state index >= 15 is 0 Å². The highest BCUT2D eigenvalue weighted by molar-refractivity contribution is 5.13. The van der Waals surface area contributed by atoms with E-state index < -0.39 is 0 Å². The van der Waals surface area contributed by atoms with Crippen LogP contribution in [0.25, 0.3) is 0 Å². The highest BCUT2D eigenvalue weighted by atomic mass is 16.3. The van der Waals surface area contributed by atoms with E-state index in [0.29, 0.717) is 6.54 Å². The molecule has 0 aliphatic carbocycles. The van der Waals surface area contributed by atoms with Crippen LogP contribution in [-0.4, -0.2) is 17.8 Å². The molecule has 0 fully saturated rings. The second kappa shape index (κ2) is 7.07. The fourth-order valence-corrected chi connectivity index (χ4v) is 0.880. The Hall–Kier alpha value is -0.600. The van der Waals surface area contributed by atoms with Gasteiger partial charge >= 0.3 is 0 Å². The number of allylic oxidation sites excluding steroid dienone is 3. The van der Waals surface area contributed by atoms with Crippen LogP contribution in [0.3, 0.4) is 0 Å². The van der Waals surface area contributed by atoms with Gasteiger partial charge in [-0.2, -0.15) is 0 Å². The summed E-state index contributed by atoms with van der Waals surface area (Å²) >= 11 is 0. The fourth-order valence-electron chi connectivity index (χ4n) is 0.880. The molecule has 0 unspecified atom stereocenters. The van der Waals surface area contributed by atoms with Gasteiger partial charge in [-0.3, -0.25) is 0 Å². The first-order chi connectivity index (χ1) is 5.70. The average Bonchev–Trinajstić information content (AvgIpc) is 2.05. The van der Waals surface area contributed by atoms with Crippen molar-refractivity contribution in [3.63, 3.8) is 0 Å². The highest BCUT2D eigenvalue weighted by Crippen LogP contribution is 2.06. The Morgan fingerprint density at radius 2 is 2.25 bits per heavy atom. The van der Waals surface area contributed by atoms with Gasteiger partial charge in [0.25, 0.3) is 0 Å². The zero-order chi connectivity index (χ0) is 9.40. The van der Waals surface area contributed by atoms with Gasteiger partial charge in [0.15, 0.2) is 0 Å². The molecule has 1 atom stereocenters. The number of aliphatic hydroxyl groups excluding tert-OH is 1. The van der Waals surface area contributed by atoms with Crippen molar-refractivity contribution in [1.82, 2.24) is 0 Å². The number of hydrogen-bond acceptors (Lipinski definition) is 2. The van der Waals surface area contributed by atoms with Crippen LogP contribution in [0, 0.1) is 0 Å². The topological polar surface area (TPSA) is 46.2 Å². The molecule has 0 aromatic carbocycles. The van der Waals surface area contributed by atoms with E-state index in [9.17, 15) is 0 Å². The first-order valence-electron chi connectivity index (χ1n) is 4.39. The molecule has 0 saturated carbocycles. The maximum Gasteiger partial charge on any atom is 0.0515 e. The van der Waals surface area contributed by atoms with Crippen LogP contribution in [0.1, 0.15) is 26.7 Å². The van der Waals surface area contributed by atoms with Crippen molar-refractivity contribution in [3.05, 3.63) is 23.8 Å². The molecule has 0 aromatic rings. The van der Waals surface area contributed by atoms with Crippen LogP contribution < -0.4 is 5.73 Å². The Morgan fingerprint density at radius 3 is 2.67 bits per heavy atom. The predicted molar refractivity (Wildman–Crippen MR) is 52.9 cm³/mol. The Bertz CT molecular complexity index is 159. The van der Waals surface area contributed by atoms with E-state index in [-0.39, 0.29) is 6.10 Å². The van der Waals surface area contributed by atoms with Gasteiger partial charge in [-0.1, -0.05) is 23.8 Å². The van der Waals surface area contributed by atoms with Gasteiger partial charge in [0, 0.05) is 6.54 Å². The van der Waals surface area contributed by atoms with Gasteiger partial charge in [0.1, 0.15) is 0 Å². The predicted octanol–water partition coefficient (Wildman–Crippen LogP) is 1.61. The molecule has 0 aromatic heterocycles. The molecule has 0 heterocycles. The Morgan fingerprint density at radius 1 is 1.58 bits per heavy atom. The van der Waals surface area contributed by atoms with Crippen molar-refractivity contribution >= 4 is 0 Å². The standard InChI is InChI=1S/C10H19NO/c1-3-4-5-10(8-11)7-6-9(2)12/h3-5,9,12H,6-8,11H2,1-2H3/b4-3-,10-5+/t9-/m1/s1. The van der Waals surface area contributed by atoms with Crippen LogP contribution in [0.4, 0.5) is 0 Å². The molecule has 2 heteroatoms. The van der Waals surface area contributed by atoms with Crippen molar-refractivity contribution in [1.29, 1.82) is 0 Å². The monoisotopic (exact) mass is 169 g/mol. The molecular formula is C10H19NO. The maximum absolute atomic E-state index is 9.04. The molecule has 2 nitrogen and oxygen atoms in total. The van der Waals surface area contributed by atoms with Crippen LogP contribution >= 0.6 is 0 Å². The minimum absolute atomic E-state index is 0.231. The van der Waals surface area contributed by atoms with Gasteiger partial charge in [-0.05, 0) is 26.7 Å². The minimum Gasteiger partial charge on any atom is -0.393 e. The van der Waals surface area contributed by atoms with Crippen LogP contribution in [0.2, 0.25) is 0 Å². The SMILES string of the molecule is C/C=C\C=C(\CN)CC[C@@H](C)O. The van der Waals surface area contributed by atoms with Gasteiger partial charge < -0.3 is 10.8 Å². The third-order valence-corrected chi connectivity index (χ3v) is 1.67. The summed E-state index contributed by atoms with van der Waals surface area (Å²) in [7, 11) is 0.